The van der Waals surface area contributed by atoms with Crippen molar-refractivity contribution in [3.05, 3.63) is 89.7 Å². The van der Waals surface area contributed by atoms with Gasteiger partial charge < -0.3 is 5.32 Å². The van der Waals surface area contributed by atoms with Crippen LogP contribution >= 0.6 is 73.9 Å². The lowest BCUT2D eigenvalue weighted by molar-refractivity contribution is -0.116. The van der Waals surface area contributed by atoms with Crippen LogP contribution in [0.25, 0.3) is 0 Å². The molecule has 0 aromatic heterocycles. The lowest BCUT2D eigenvalue weighted by Gasteiger charge is -2.22. The Morgan fingerprint density at radius 1 is 0.818 bits per heavy atom. The number of hydrogen-bond donors (Lipinski definition) is 1. The molecule has 5 nitrogen and oxygen atoms in total. The molecular formula is C21H14BrCl5N2O3S. The van der Waals surface area contributed by atoms with E-state index in [9.17, 15) is 13.2 Å². The largest absolute Gasteiger partial charge is 0.324 e. The molecule has 0 bridgehead atoms. The number of sulfonamides is 1. The van der Waals surface area contributed by atoms with Crippen LogP contribution in [0.4, 0.5) is 5.69 Å². The molecule has 0 aliphatic heterocycles. The first-order valence-electron chi connectivity index (χ1n) is 9.11. The molecule has 3 rings (SSSR count). The van der Waals surface area contributed by atoms with Crippen LogP contribution in [-0.4, -0.2) is 25.2 Å². The molecule has 3 aromatic carbocycles. The molecule has 174 valence electrons. The maximum Gasteiger partial charge on any atom is 0.243 e. The Balaban J connectivity index is 1.92. The highest BCUT2D eigenvalue weighted by Gasteiger charge is 2.27. The SMILES string of the molecule is O=C(CN(Cc1ccc(Cl)c(Cl)c1)S(=O)(=O)c1ccc(Br)cc1)Nc1cc(Cl)c(Cl)cc1Cl. The second-order valence-corrected chi connectivity index (χ2v) is 11.7. The molecule has 0 heterocycles. The van der Waals surface area contributed by atoms with Gasteiger partial charge in [0, 0.05) is 11.0 Å². The average Bonchev–Trinajstić information content (AvgIpc) is 2.74. The molecule has 0 fully saturated rings. The van der Waals surface area contributed by atoms with E-state index < -0.39 is 22.5 Å². The van der Waals surface area contributed by atoms with Crippen LogP contribution in [0.3, 0.4) is 0 Å². The molecule has 0 aliphatic carbocycles. The number of rotatable bonds is 7. The molecule has 12 heteroatoms. The molecule has 3 aromatic rings. The number of nitrogens with zero attached hydrogens (tertiary/aromatic N) is 1. The third kappa shape index (κ3) is 6.77. The topological polar surface area (TPSA) is 66.5 Å². The summed E-state index contributed by atoms with van der Waals surface area (Å²) in [4.78, 5) is 12.8. The highest BCUT2D eigenvalue weighted by atomic mass is 79.9. The molecule has 0 atom stereocenters. The quantitative estimate of drug-likeness (QED) is 0.274. The lowest BCUT2D eigenvalue weighted by atomic mass is 10.2. The zero-order chi connectivity index (χ0) is 24.3. The fourth-order valence-corrected chi connectivity index (χ4v) is 5.35. The molecule has 33 heavy (non-hydrogen) atoms. The van der Waals surface area contributed by atoms with Crippen LogP contribution in [0.2, 0.25) is 25.1 Å². The van der Waals surface area contributed by atoms with Gasteiger partial charge in [-0.25, -0.2) is 8.42 Å². The van der Waals surface area contributed by atoms with Crippen molar-refractivity contribution in [1.29, 1.82) is 0 Å². The number of hydrogen-bond acceptors (Lipinski definition) is 3. The first-order chi connectivity index (χ1) is 15.5. The molecule has 0 saturated carbocycles. The van der Waals surface area contributed by atoms with E-state index in [-0.39, 0.29) is 37.2 Å². The number of anilines is 1. The van der Waals surface area contributed by atoms with E-state index in [1.807, 2.05) is 0 Å². The molecule has 0 saturated heterocycles. The summed E-state index contributed by atoms with van der Waals surface area (Å²) in [6.45, 7) is -0.632. The zero-order valence-electron chi connectivity index (χ0n) is 16.5. The van der Waals surface area contributed by atoms with Gasteiger partial charge in [-0.1, -0.05) is 80.0 Å². The normalized spacial score (nSPS) is 11.6. The maximum absolute atomic E-state index is 13.4. The average molecular weight is 632 g/mol. The van der Waals surface area contributed by atoms with Gasteiger partial charge in [-0.3, -0.25) is 4.79 Å². The fraction of sp³-hybridized carbons (Fsp3) is 0.0952. The van der Waals surface area contributed by atoms with E-state index in [0.717, 1.165) is 4.31 Å². The van der Waals surface area contributed by atoms with Crippen molar-refractivity contribution in [2.75, 3.05) is 11.9 Å². The van der Waals surface area contributed by atoms with Gasteiger partial charge in [0.05, 0.1) is 42.2 Å². The highest BCUT2D eigenvalue weighted by Crippen LogP contribution is 2.32. The van der Waals surface area contributed by atoms with Gasteiger partial charge >= 0.3 is 0 Å². The van der Waals surface area contributed by atoms with Crippen LogP contribution < -0.4 is 5.32 Å². The van der Waals surface area contributed by atoms with Gasteiger partial charge in [0.25, 0.3) is 0 Å². The predicted molar refractivity (Wildman–Crippen MR) is 138 cm³/mol. The monoisotopic (exact) mass is 628 g/mol. The predicted octanol–water partition coefficient (Wildman–Crippen LogP) is 7.55. The third-order valence-corrected chi connectivity index (χ3v) is 8.51. The summed E-state index contributed by atoms with van der Waals surface area (Å²) < 4.78 is 28.5. The van der Waals surface area contributed by atoms with Gasteiger partial charge in [0.15, 0.2) is 0 Å². The molecule has 0 aliphatic rings. The summed E-state index contributed by atoms with van der Waals surface area (Å²) in [7, 11) is -4.06. The van der Waals surface area contributed by atoms with Crippen LogP contribution in [0.1, 0.15) is 5.56 Å². The lowest BCUT2D eigenvalue weighted by Crippen LogP contribution is -2.37. The molecule has 1 N–H and O–H groups in total. The van der Waals surface area contributed by atoms with E-state index >= 15 is 0 Å². The first-order valence-corrected chi connectivity index (χ1v) is 13.2. The smallest absolute Gasteiger partial charge is 0.243 e. The Bertz CT molecular complexity index is 1300. The van der Waals surface area contributed by atoms with Crippen LogP contribution in [0.15, 0.2) is 64.0 Å². The van der Waals surface area contributed by atoms with Crippen LogP contribution in [0.5, 0.6) is 0 Å². The minimum atomic E-state index is -4.06. The number of amides is 1. The van der Waals surface area contributed by atoms with Crippen LogP contribution in [0, 0.1) is 0 Å². The third-order valence-electron chi connectivity index (χ3n) is 4.40. The van der Waals surface area contributed by atoms with E-state index in [1.54, 1.807) is 30.3 Å². The van der Waals surface area contributed by atoms with E-state index in [1.165, 1.54) is 24.3 Å². The Labute approximate surface area is 224 Å². The van der Waals surface area contributed by atoms with Crippen LogP contribution in [-0.2, 0) is 21.4 Å². The second kappa shape index (κ2) is 11.1. The van der Waals surface area contributed by atoms with E-state index in [4.69, 9.17) is 58.0 Å². The molecule has 0 radical (unpaired) electrons. The summed E-state index contributed by atoms with van der Waals surface area (Å²) in [5.41, 5.74) is 0.747. The number of carbonyl (C=O) groups excluding carboxylic acids is 1. The molecule has 0 unspecified atom stereocenters. The maximum atomic E-state index is 13.4. The zero-order valence-corrected chi connectivity index (χ0v) is 22.6. The van der Waals surface area contributed by atoms with Gasteiger partial charge in [-0.05, 0) is 54.1 Å². The summed E-state index contributed by atoms with van der Waals surface area (Å²) in [5, 5.41) is 3.73. The van der Waals surface area contributed by atoms with Gasteiger partial charge in [-0.2, -0.15) is 4.31 Å². The van der Waals surface area contributed by atoms with E-state index in [2.05, 4.69) is 21.2 Å². The fourth-order valence-electron chi connectivity index (χ4n) is 2.79. The minimum absolute atomic E-state index is 0.0196. The van der Waals surface area contributed by atoms with Gasteiger partial charge in [0.1, 0.15) is 0 Å². The van der Waals surface area contributed by atoms with Crippen molar-refractivity contribution in [3.8, 4) is 0 Å². The Morgan fingerprint density at radius 2 is 1.42 bits per heavy atom. The number of halogens is 6. The van der Waals surface area contributed by atoms with Crippen molar-refractivity contribution in [2.45, 2.75) is 11.4 Å². The number of benzene rings is 3. The second-order valence-electron chi connectivity index (χ2n) is 6.77. The van der Waals surface area contributed by atoms with Crippen molar-refractivity contribution < 1.29 is 13.2 Å². The molecule has 0 spiro atoms. The molecule has 1 amide bonds. The number of carbonyl (C=O) groups is 1. The Hall–Kier alpha value is -1.03. The van der Waals surface area contributed by atoms with E-state index in [0.29, 0.717) is 15.1 Å². The Morgan fingerprint density at radius 3 is 2.06 bits per heavy atom. The van der Waals surface area contributed by atoms with Gasteiger partial charge in [0.2, 0.25) is 15.9 Å². The van der Waals surface area contributed by atoms with Crippen molar-refractivity contribution in [2.24, 2.45) is 0 Å². The highest BCUT2D eigenvalue weighted by molar-refractivity contribution is 9.10. The standard InChI is InChI=1S/C21H14BrCl5N2O3S/c22-13-2-4-14(5-3-13)33(31,32)29(10-12-1-6-15(23)16(24)7-12)11-21(30)28-20-9-18(26)17(25)8-19(20)27/h1-9H,10-11H2,(H,28,30). The summed E-state index contributed by atoms with van der Waals surface area (Å²) in [6.07, 6.45) is 0. The first kappa shape index (κ1) is 26.6. The minimum Gasteiger partial charge on any atom is -0.324 e. The Kier molecular flexibility index (Phi) is 8.97. The van der Waals surface area contributed by atoms with Gasteiger partial charge in [-0.15, -0.1) is 0 Å². The summed E-state index contributed by atoms with van der Waals surface area (Å²) in [6, 6.07) is 13.6. The molecular weight excluding hydrogens is 617 g/mol. The summed E-state index contributed by atoms with van der Waals surface area (Å²) in [5.74, 6) is -0.629. The number of nitrogens with one attached hydrogen (secondary N) is 1. The van der Waals surface area contributed by atoms with Crippen molar-refractivity contribution >= 4 is 95.6 Å². The summed E-state index contributed by atoms with van der Waals surface area (Å²) >= 11 is 33.4. The van der Waals surface area contributed by atoms with Crippen molar-refractivity contribution in [1.82, 2.24) is 4.31 Å². The van der Waals surface area contributed by atoms with Crippen molar-refractivity contribution in [3.63, 3.8) is 0 Å².